The van der Waals surface area contributed by atoms with Crippen LogP contribution in [0.15, 0.2) is 54.6 Å². The summed E-state index contributed by atoms with van der Waals surface area (Å²) in [6, 6.07) is 17.3. The van der Waals surface area contributed by atoms with Crippen molar-refractivity contribution in [1.82, 2.24) is 10.2 Å². The van der Waals surface area contributed by atoms with Crippen molar-refractivity contribution >= 4 is 11.8 Å². The van der Waals surface area contributed by atoms with E-state index in [2.05, 4.69) is 5.32 Å². The van der Waals surface area contributed by atoms with Crippen LogP contribution in [-0.4, -0.2) is 42.5 Å². The van der Waals surface area contributed by atoms with Gasteiger partial charge in [-0.3, -0.25) is 9.59 Å². The zero-order valence-electron chi connectivity index (χ0n) is 16.4. The van der Waals surface area contributed by atoms with Crippen LogP contribution in [0.3, 0.4) is 0 Å². The molecule has 3 rings (SSSR count). The molecule has 28 heavy (non-hydrogen) atoms. The van der Waals surface area contributed by atoms with Gasteiger partial charge in [-0.25, -0.2) is 0 Å². The molecule has 1 aliphatic rings. The largest absolute Gasteiger partial charge is 0.494 e. The fourth-order valence-electron chi connectivity index (χ4n) is 3.34. The van der Waals surface area contributed by atoms with Gasteiger partial charge in [0.25, 0.3) is 5.91 Å². The molecule has 0 saturated carbocycles. The van der Waals surface area contributed by atoms with Crippen LogP contribution in [-0.2, 0) is 4.79 Å². The van der Waals surface area contributed by atoms with E-state index in [-0.39, 0.29) is 17.9 Å². The molecule has 0 atom stereocenters. The molecule has 2 aromatic carbocycles. The Bertz CT molecular complexity index is 766. The van der Waals surface area contributed by atoms with E-state index in [1.54, 1.807) is 0 Å². The van der Waals surface area contributed by atoms with E-state index in [9.17, 15) is 9.59 Å². The second-order valence-electron chi connectivity index (χ2n) is 7.26. The minimum atomic E-state index is -0.0429. The molecule has 2 amide bonds. The Balaban J connectivity index is 1.33. The van der Waals surface area contributed by atoms with Crippen LogP contribution in [0.1, 0.15) is 41.6 Å². The van der Waals surface area contributed by atoms with Gasteiger partial charge in [-0.05, 0) is 50.5 Å². The maximum atomic E-state index is 12.4. The van der Waals surface area contributed by atoms with Gasteiger partial charge in [0.1, 0.15) is 5.75 Å². The fraction of sp³-hybridized carbons (Fsp3) is 0.391. The van der Waals surface area contributed by atoms with Gasteiger partial charge < -0.3 is 15.0 Å². The predicted molar refractivity (Wildman–Crippen MR) is 109 cm³/mol. The Morgan fingerprint density at radius 3 is 2.39 bits per heavy atom. The average Bonchev–Trinajstić information content (AvgIpc) is 2.73. The summed E-state index contributed by atoms with van der Waals surface area (Å²) < 4.78 is 5.68. The van der Waals surface area contributed by atoms with Gasteiger partial charge in [0.15, 0.2) is 0 Å². The molecule has 0 radical (unpaired) electrons. The number of aryl methyl sites for hydroxylation is 1. The highest BCUT2D eigenvalue weighted by molar-refractivity contribution is 5.94. The molecule has 1 saturated heterocycles. The molecule has 0 bridgehead atoms. The second-order valence-corrected chi connectivity index (χ2v) is 7.26. The summed E-state index contributed by atoms with van der Waals surface area (Å²) in [6.07, 6.45) is 2.79. The Morgan fingerprint density at radius 1 is 1.04 bits per heavy atom. The van der Waals surface area contributed by atoms with Crippen LogP contribution < -0.4 is 10.1 Å². The molecule has 148 valence electrons. The zero-order chi connectivity index (χ0) is 19.8. The third-order valence-corrected chi connectivity index (χ3v) is 5.04. The molecule has 5 heteroatoms. The normalized spacial score (nSPS) is 14.5. The molecule has 5 nitrogen and oxygen atoms in total. The second kappa shape index (κ2) is 9.93. The number of hydrogen-bond donors (Lipinski definition) is 1. The van der Waals surface area contributed by atoms with E-state index in [0.717, 1.165) is 18.6 Å². The first kappa shape index (κ1) is 19.9. The highest BCUT2D eigenvalue weighted by Gasteiger charge is 2.23. The summed E-state index contributed by atoms with van der Waals surface area (Å²) in [4.78, 5) is 26.5. The molecule has 1 heterocycles. The SMILES string of the molecule is Cc1ccc(OCCCC(=O)N2CCC(NC(=O)c3ccccc3)CC2)cc1. The lowest BCUT2D eigenvalue weighted by Gasteiger charge is -2.32. The molecule has 1 fully saturated rings. The first-order valence-electron chi connectivity index (χ1n) is 9.95. The van der Waals surface area contributed by atoms with Crippen LogP contribution in [0.25, 0.3) is 0 Å². The molecule has 1 aliphatic heterocycles. The number of nitrogens with zero attached hydrogens (tertiary/aromatic N) is 1. The van der Waals surface area contributed by atoms with Crippen LogP contribution in [0.2, 0.25) is 0 Å². The van der Waals surface area contributed by atoms with Gasteiger partial charge in [0.2, 0.25) is 5.91 Å². The van der Waals surface area contributed by atoms with Gasteiger partial charge in [0, 0.05) is 31.1 Å². The molecular formula is C23H28N2O3. The Labute approximate surface area is 166 Å². The first-order chi connectivity index (χ1) is 13.6. The smallest absolute Gasteiger partial charge is 0.251 e. The standard InChI is InChI=1S/C23H28N2O3/c1-18-9-11-21(12-10-18)28-17-5-8-22(26)25-15-13-20(14-16-25)24-23(27)19-6-3-2-4-7-19/h2-4,6-7,9-12,20H,5,8,13-17H2,1H3,(H,24,27). The molecule has 0 aromatic heterocycles. The maximum Gasteiger partial charge on any atom is 0.251 e. The van der Waals surface area contributed by atoms with E-state index in [1.807, 2.05) is 66.4 Å². The van der Waals surface area contributed by atoms with Crippen LogP contribution in [0.4, 0.5) is 0 Å². The van der Waals surface area contributed by atoms with E-state index in [0.29, 0.717) is 38.1 Å². The number of piperidine rings is 1. The highest BCUT2D eigenvalue weighted by Crippen LogP contribution is 2.14. The monoisotopic (exact) mass is 380 g/mol. The van der Waals surface area contributed by atoms with Crippen LogP contribution >= 0.6 is 0 Å². The molecule has 0 aliphatic carbocycles. The summed E-state index contributed by atoms with van der Waals surface area (Å²) in [5, 5.41) is 3.07. The summed E-state index contributed by atoms with van der Waals surface area (Å²) in [5.74, 6) is 0.965. The number of hydrogen-bond acceptors (Lipinski definition) is 3. The van der Waals surface area contributed by atoms with Gasteiger partial charge in [-0.1, -0.05) is 35.9 Å². The molecule has 1 N–H and O–H groups in total. The van der Waals surface area contributed by atoms with E-state index >= 15 is 0 Å². The van der Waals surface area contributed by atoms with Gasteiger partial charge in [-0.2, -0.15) is 0 Å². The van der Waals surface area contributed by atoms with Gasteiger partial charge in [-0.15, -0.1) is 0 Å². The molecule has 0 spiro atoms. The number of carbonyl (C=O) groups is 2. The summed E-state index contributed by atoms with van der Waals surface area (Å²) in [5.41, 5.74) is 1.88. The number of benzene rings is 2. The predicted octanol–water partition coefficient (Wildman–Crippen LogP) is 3.58. The van der Waals surface area contributed by atoms with Crippen molar-refractivity contribution in [2.45, 2.75) is 38.6 Å². The Morgan fingerprint density at radius 2 is 1.71 bits per heavy atom. The van der Waals surface area contributed by atoms with Crippen molar-refractivity contribution in [1.29, 1.82) is 0 Å². The van der Waals surface area contributed by atoms with Crippen molar-refractivity contribution in [2.75, 3.05) is 19.7 Å². The van der Waals surface area contributed by atoms with Crippen LogP contribution in [0, 0.1) is 6.92 Å². The number of likely N-dealkylation sites (tertiary alicyclic amines) is 1. The minimum absolute atomic E-state index is 0.0429. The van der Waals surface area contributed by atoms with Crippen molar-refractivity contribution in [2.24, 2.45) is 0 Å². The third-order valence-electron chi connectivity index (χ3n) is 5.04. The molecular weight excluding hydrogens is 352 g/mol. The summed E-state index contributed by atoms with van der Waals surface area (Å²) in [6.45, 7) is 3.96. The Hall–Kier alpha value is -2.82. The minimum Gasteiger partial charge on any atom is -0.494 e. The Kier molecular flexibility index (Phi) is 7.06. The summed E-state index contributed by atoms with van der Waals surface area (Å²) in [7, 11) is 0. The fourth-order valence-corrected chi connectivity index (χ4v) is 3.34. The zero-order valence-corrected chi connectivity index (χ0v) is 16.4. The summed E-state index contributed by atoms with van der Waals surface area (Å²) >= 11 is 0. The van der Waals surface area contributed by atoms with Gasteiger partial charge >= 0.3 is 0 Å². The number of amides is 2. The van der Waals surface area contributed by atoms with E-state index in [4.69, 9.17) is 4.74 Å². The van der Waals surface area contributed by atoms with Crippen LogP contribution in [0.5, 0.6) is 5.75 Å². The number of ether oxygens (including phenoxy) is 1. The lowest BCUT2D eigenvalue weighted by molar-refractivity contribution is -0.132. The molecule has 0 unspecified atom stereocenters. The third kappa shape index (κ3) is 5.84. The average molecular weight is 380 g/mol. The molecule has 2 aromatic rings. The van der Waals surface area contributed by atoms with Crippen molar-refractivity contribution in [3.05, 3.63) is 65.7 Å². The van der Waals surface area contributed by atoms with E-state index < -0.39 is 0 Å². The quantitative estimate of drug-likeness (QED) is 0.747. The highest BCUT2D eigenvalue weighted by atomic mass is 16.5. The topological polar surface area (TPSA) is 58.6 Å². The number of carbonyl (C=O) groups excluding carboxylic acids is 2. The first-order valence-corrected chi connectivity index (χ1v) is 9.95. The van der Waals surface area contributed by atoms with Gasteiger partial charge in [0.05, 0.1) is 6.61 Å². The van der Waals surface area contributed by atoms with Crippen molar-refractivity contribution in [3.8, 4) is 5.75 Å². The van der Waals surface area contributed by atoms with Crippen molar-refractivity contribution in [3.63, 3.8) is 0 Å². The maximum absolute atomic E-state index is 12.4. The van der Waals surface area contributed by atoms with Crippen molar-refractivity contribution < 1.29 is 14.3 Å². The van der Waals surface area contributed by atoms with E-state index in [1.165, 1.54) is 5.56 Å². The number of rotatable bonds is 7. The lowest BCUT2D eigenvalue weighted by Crippen LogP contribution is -2.46. The number of nitrogens with one attached hydrogen (secondary N) is 1. The lowest BCUT2D eigenvalue weighted by atomic mass is 10.0.